The highest BCUT2D eigenvalue weighted by Crippen LogP contribution is 2.26. The van der Waals surface area contributed by atoms with Crippen molar-refractivity contribution >= 4 is 6.03 Å². The van der Waals surface area contributed by atoms with Gasteiger partial charge in [-0.25, -0.2) is 4.79 Å². The van der Waals surface area contributed by atoms with Gasteiger partial charge in [-0.15, -0.1) is 0 Å². The maximum absolute atomic E-state index is 12.3. The lowest BCUT2D eigenvalue weighted by molar-refractivity contribution is 0.163. The maximum atomic E-state index is 12.3. The second-order valence-electron chi connectivity index (χ2n) is 7.37. The van der Waals surface area contributed by atoms with Crippen LogP contribution in [0, 0.1) is 5.92 Å². The van der Waals surface area contributed by atoms with Crippen molar-refractivity contribution in [2.75, 3.05) is 33.2 Å². The largest absolute Gasteiger partial charge is 0.335 e. The van der Waals surface area contributed by atoms with Gasteiger partial charge in [0.25, 0.3) is 0 Å². The average molecular weight is 333 g/mol. The van der Waals surface area contributed by atoms with Crippen LogP contribution in [0.3, 0.4) is 0 Å². The van der Waals surface area contributed by atoms with Crippen molar-refractivity contribution in [2.45, 2.75) is 51.1 Å². The van der Waals surface area contributed by atoms with Gasteiger partial charge in [-0.3, -0.25) is 4.68 Å². The number of hydrogen-bond acceptors (Lipinski definition) is 3. The molecule has 6 nitrogen and oxygen atoms in total. The van der Waals surface area contributed by atoms with Gasteiger partial charge in [-0.05, 0) is 37.7 Å². The van der Waals surface area contributed by atoms with Crippen LogP contribution in [0.4, 0.5) is 4.79 Å². The molecule has 1 N–H and O–H groups in total. The highest BCUT2D eigenvalue weighted by atomic mass is 16.2. The molecule has 2 amide bonds. The molecule has 24 heavy (non-hydrogen) atoms. The van der Waals surface area contributed by atoms with Crippen molar-refractivity contribution in [3.05, 3.63) is 18.5 Å². The summed E-state index contributed by atoms with van der Waals surface area (Å²) in [6.45, 7) is 4.92. The summed E-state index contributed by atoms with van der Waals surface area (Å²) in [6, 6.07) is 2.26. The second-order valence-corrected chi connectivity index (χ2v) is 7.37. The van der Waals surface area contributed by atoms with E-state index in [2.05, 4.69) is 15.3 Å². The molecular weight excluding hydrogens is 302 g/mol. The molecule has 0 bridgehead atoms. The molecule has 2 fully saturated rings. The summed E-state index contributed by atoms with van der Waals surface area (Å²) in [5.41, 5.74) is 0. The second kappa shape index (κ2) is 8.51. The number of rotatable bonds is 6. The Bertz CT molecular complexity index is 490. The van der Waals surface area contributed by atoms with Crippen LogP contribution in [0.5, 0.6) is 0 Å². The Kier molecular flexibility index (Phi) is 6.12. The zero-order valence-corrected chi connectivity index (χ0v) is 14.9. The van der Waals surface area contributed by atoms with Crippen molar-refractivity contribution in [2.24, 2.45) is 5.92 Å². The molecule has 3 rings (SSSR count). The van der Waals surface area contributed by atoms with E-state index in [9.17, 15) is 4.79 Å². The van der Waals surface area contributed by atoms with Crippen molar-refractivity contribution in [1.82, 2.24) is 24.9 Å². The van der Waals surface area contributed by atoms with E-state index in [1.807, 2.05) is 24.0 Å². The zero-order chi connectivity index (χ0) is 16.8. The summed E-state index contributed by atoms with van der Waals surface area (Å²) in [6.07, 6.45) is 11.5. The van der Waals surface area contributed by atoms with Gasteiger partial charge in [0.15, 0.2) is 0 Å². The van der Waals surface area contributed by atoms with Crippen molar-refractivity contribution < 1.29 is 4.79 Å². The molecule has 0 atom stereocenters. The van der Waals surface area contributed by atoms with E-state index in [1.54, 1.807) is 11.1 Å². The van der Waals surface area contributed by atoms with Gasteiger partial charge in [0.05, 0.1) is 6.54 Å². The fraction of sp³-hybridized carbons (Fsp3) is 0.778. The molecule has 1 aliphatic carbocycles. The molecule has 0 unspecified atom stereocenters. The quantitative estimate of drug-likeness (QED) is 0.868. The molecule has 0 radical (unpaired) electrons. The first-order chi connectivity index (χ1) is 11.7. The summed E-state index contributed by atoms with van der Waals surface area (Å²) >= 11 is 0. The van der Waals surface area contributed by atoms with Gasteiger partial charge in [0.2, 0.25) is 0 Å². The molecule has 0 aromatic carbocycles. The minimum absolute atomic E-state index is 0.0383. The van der Waals surface area contributed by atoms with Crippen LogP contribution in [0.1, 0.15) is 38.5 Å². The van der Waals surface area contributed by atoms with Gasteiger partial charge in [-0.2, -0.15) is 5.10 Å². The Morgan fingerprint density at radius 2 is 2.00 bits per heavy atom. The lowest BCUT2D eigenvalue weighted by Crippen LogP contribution is -2.49. The number of aromatic nitrogens is 2. The normalized spacial score (nSPS) is 20.4. The van der Waals surface area contributed by atoms with Crippen LogP contribution in [-0.2, 0) is 6.54 Å². The number of likely N-dealkylation sites (N-methyl/N-ethyl adjacent to an activating group) is 1. The molecule has 1 saturated heterocycles. The van der Waals surface area contributed by atoms with E-state index in [4.69, 9.17) is 0 Å². The van der Waals surface area contributed by atoms with Crippen LogP contribution in [-0.4, -0.2) is 64.9 Å². The van der Waals surface area contributed by atoms with Gasteiger partial charge in [0, 0.05) is 51.7 Å². The molecule has 6 heteroatoms. The topological polar surface area (TPSA) is 53.4 Å². The Balaban J connectivity index is 1.33. The Morgan fingerprint density at radius 1 is 1.25 bits per heavy atom. The number of nitrogens with one attached hydrogen (secondary N) is 1. The summed E-state index contributed by atoms with van der Waals surface area (Å²) < 4.78 is 1.85. The van der Waals surface area contributed by atoms with Crippen LogP contribution >= 0.6 is 0 Å². The number of carbonyl (C=O) groups excluding carboxylic acids is 1. The Morgan fingerprint density at radius 3 is 2.67 bits per heavy atom. The van der Waals surface area contributed by atoms with Crippen LogP contribution < -0.4 is 5.32 Å². The summed E-state index contributed by atoms with van der Waals surface area (Å²) in [7, 11) is 1.86. The van der Waals surface area contributed by atoms with Crippen molar-refractivity contribution in [3.8, 4) is 0 Å². The first-order valence-electron chi connectivity index (χ1n) is 9.42. The molecule has 134 valence electrons. The Labute approximate surface area is 145 Å². The standard InChI is InChI=1S/C18H31N5O/c1-21(13-14-23-10-4-9-19-23)18(24)20-17-7-11-22(12-8-17)15-16-5-2-3-6-16/h4,9-10,16-17H,2-3,5-8,11-15H2,1H3,(H,20,24). The first kappa shape index (κ1) is 17.3. The summed E-state index contributed by atoms with van der Waals surface area (Å²) in [4.78, 5) is 16.7. The average Bonchev–Trinajstić information content (AvgIpc) is 3.28. The molecule has 2 aliphatic rings. The summed E-state index contributed by atoms with van der Waals surface area (Å²) in [5, 5.41) is 7.36. The third-order valence-electron chi connectivity index (χ3n) is 5.48. The van der Waals surface area contributed by atoms with Crippen LogP contribution in [0.25, 0.3) is 0 Å². The molecule has 1 aromatic rings. The monoisotopic (exact) mass is 333 g/mol. The predicted molar refractivity (Wildman–Crippen MR) is 94.8 cm³/mol. The van der Waals surface area contributed by atoms with Crippen LogP contribution in [0.2, 0.25) is 0 Å². The van der Waals surface area contributed by atoms with Crippen LogP contribution in [0.15, 0.2) is 18.5 Å². The zero-order valence-electron chi connectivity index (χ0n) is 14.9. The SMILES string of the molecule is CN(CCn1cccn1)C(=O)NC1CCN(CC2CCCC2)CC1. The summed E-state index contributed by atoms with van der Waals surface area (Å²) in [5.74, 6) is 0.921. The van der Waals surface area contributed by atoms with E-state index in [1.165, 1.54) is 32.2 Å². The maximum Gasteiger partial charge on any atom is 0.317 e. The number of carbonyl (C=O) groups is 1. The fourth-order valence-electron chi connectivity index (χ4n) is 3.89. The highest BCUT2D eigenvalue weighted by molar-refractivity contribution is 5.74. The lowest BCUT2D eigenvalue weighted by atomic mass is 10.0. The number of hydrogen-bond donors (Lipinski definition) is 1. The molecule has 1 aliphatic heterocycles. The minimum Gasteiger partial charge on any atom is -0.335 e. The molecule has 2 heterocycles. The number of piperidine rings is 1. The molecule has 1 saturated carbocycles. The van der Waals surface area contributed by atoms with Gasteiger partial charge in [0.1, 0.15) is 0 Å². The minimum atomic E-state index is 0.0383. The number of amides is 2. The van der Waals surface area contributed by atoms with Gasteiger partial charge >= 0.3 is 6.03 Å². The number of urea groups is 1. The molecule has 1 aromatic heterocycles. The van der Waals surface area contributed by atoms with E-state index in [-0.39, 0.29) is 6.03 Å². The smallest absolute Gasteiger partial charge is 0.317 e. The Hall–Kier alpha value is -1.56. The lowest BCUT2D eigenvalue weighted by Gasteiger charge is -2.34. The van der Waals surface area contributed by atoms with E-state index in [0.29, 0.717) is 12.6 Å². The predicted octanol–water partition coefficient (Wildman–Crippen LogP) is 2.18. The van der Waals surface area contributed by atoms with Crippen molar-refractivity contribution in [3.63, 3.8) is 0 Å². The third-order valence-corrected chi connectivity index (χ3v) is 5.48. The van der Waals surface area contributed by atoms with Gasteiger partial charge in [-0.1, -0.05) is 12.8 Å². The van der Waals surface area contributed by atoms with E-state index >= 15 is 0 Å². The van der Waals surface area contributed by atoms with E-state index < -0.39 is 0 Å². The van der Waals surface area contributed by atoms with Crippen molar-refractivity contribution in [1.29, 1.82) is 0 Å². The molecule has 0 spiro atoms. The van der Waals surface area contributed by atoms with E-state index in [0.717, 1.165) is 38.4 Å². The number of likely N-dealkylation sites (tertiary alicyclic amines) is 1. The highest BCUT2D eigenvalue weighted by Gasteiger charge is 2.24. The number of nitrogens with zero attached hydrogens (tertiary/aromatic N) is 4. The molecular formula is C18H31N5O. The first-order valence-corrected chi connectivity index (χ1v) is 9.42. The van der Waals surface area contributed by atoms with Gasteiger partial charge < -0.3 is 15.1 Å². The fourth-order valence-corrected chi connectivity index (χ4v) is 3.89. The third kappa shape index (κ3) is 4.97.